The lowest BCUT2D eigenvalue weighted by molar-refractivity contribution is 0.0936. The van der Waals surface area contributed by atoms with E-state index in [1.165, 1.54) is 97.9 Å². The molecular formula is C56H48Cl4O4S2. The quantitative estimate of drug-likeness (QED) is 0.0550. The summed E-state index contributed by atoms with van der Waals surface area (Å²) in [5.74, 6) is -1.02. The van der Waals surface area contributed by atoms with Gasteiger partial charge in [-0.1, -0.05) is 149 Å². The van der Waals surface area contributed by atoms with Gasteiger partial charge < -0.3 is 0 Å². The summed E-state index contributed by atoms with van der Waals surface area (Å²) in [4.78, 5) is 57.5. The van der Waals surface area contributed by atoms with Crippen molar-refractivity contribution in [2.24, 2.45) is 0 Å². The van der Waals surface area contributed by atoms with Gasteiger partial charge in [-0.15, -0.1) is 22.7 Å². The number of carbonyl (C=O) groups excluding carboxylic acids is 4. The van der Waals surface area contributed by atoms with Crippen LogP contribution in [0.4, 0.5) is 0 Å². The maximum atomic E-state index is 13.6. The standard InChI is InChI=1S/C56H48Cl4O4S2/c1-3-5-7-9-11-21-56(22-12-10-8-6-4-2)44-24-32(51-19-15-35(65-51)23-34-26-50(61)39-28-46(57)47(58)29-40(39)53(34)62)13-17-37(44)38-18-14-33(25-45(38)56)52-20-16-36(66-52)27-43-54(63)41-30-48(59)49(60)31-42(41)55(43)64/h13-20,23-25,27-31H,3-12,21-22,26H2,1-2H3. The topological polar surface area (TPSA) is 68.3 Å². The lowest BCUT2D eigenvalue weighted by Gasteiger charge is -2.33. The van der Waals surface area contributed by atoms with Crippen LogP contribution in [0.3, 0.4) is 0 Å². The maximum Gasteiger partial charge on any atom is 0.197 e. The second-order valence-electron chi connectivity index (χ2n) is 17.8. The summed E-state index contributed by atoms with van der Waals surface area (Å²) >= 11 is 28.1. The van der Waals surface area contributed by atoms with E-state index in [0.29, 0.717) is 16.7 Å². The van der Waals surface area contributed by atoms with Gasteiger partial charge in [0.25, 0.3) is 0 Å². The van der Waals surface area contributed by atoms with Gasteiger partial charge in [0.15, 0.2) is 23.1 Å². The smallest absolute Gasteiger partial charge is 0.197 e. The predicted molar refractivity (Wildman–Crippen MR) is 277 cm³/mol. The number of hydrogen-bond donors (Lipinski definition) is 0. The van der Waals surface area contributed by atoms with Crippen LogP contribution in [0.15, 0.2) is 96.1 Å². The van der Waals surface area contributed by atoms with Crippen LogP contribution >= 0.6 is 69.1 Å². The van der Waals surface area contributed by atoms with E-state index in [4.69, 9.17) is 46.4 Å². The third-order valence-corrected chi connectivity index (χ3v) is 17.1. The fourth-order valence-corrected chi connectivity index (χ4v) is 12.6. The predicted octanol–water partition coefficient (Wildman–Crippen LogP) is 18.1. The molecule has 0 radical (unpaired) electrons. The highest BCUT2D eigenvalue weighted by atomic mass is 35.5. The Bertz CT molecular complexity index is 2960. The third kappa shape index (κ3) is 8.91. The minimum Gasteiger partial charge on any atom is -0.294 e. The van der Waals surface area contributed by atoms with Crippen molar-refractivity contribution in [1.29, 1.82) is 0 Å². The van der Waals surface area contributed by atoms with Gasteiger partial charge in [-0.05, 0) is 119 Å². The molecule has 0 bridgehead atoms. The number of unbranched alkanes of at least 4 members (excludes halogenated alkanes) is 8. The molecule has 9 rings (SSSR count). The van der Waals surface area contributed by atoms with Crippen molar-refractivity contribution in [3.05, 3.63) is 159 Å². The second-order valence-corrected chi connectivity index (χ2v) is 21.6. The Hall–Kier alpha value is -4.40. The molecule has 3 aliphatic carbocycles. The highest BCUT2D eigenvalue weighted by Gasteiger charge is 2.43. The van der Waals surface area contributed by atoms with E-state index in [9.17, 15) is 19.2 Å². The van der Waals surface area contributed by atoms with Crippen LogP contribution in [-0.4, -0.2) is 23.1 Å². The summed E-state index contributed by atoms with van der Waals surface area (Å²) in [6, 6.07) is 28.1. The van der Waals surface area contributed by atoms with Gasteiger partial charge in [-0.25, -0.2) is 0 Å². The summed E-state index contributed by atoms with van der Waals surface area (Å²) in [6.45, 7) is 4.52. The lowest BCUT2D eigenvalue weighted by atomic mass is 9.70. The number of halogens is 4. The van der Waals surface area contributed by atoms with Crippen molar-refractivity contribution in [3.63, 3.8) is 0 Å². The van der Waals surface area contributed by atoms with E-state index >= 15 is 0 Å². The normalized spacial score (nSPS) is 15.4. The SMILES string of the molecule is CCCCCCCC1(CCCCCCC)c2cc(-c3ccc(C=C4CC(=O)c5cc(Cl)c(Cl)cc5C4=O)s3)ccc2-c2ccc(-c3ccc(C=C4C(=O)c5cc(Cl)c(Cl)cc5C4=O)s3)cc21. The molecule has 4 aromatic carbocycles. The van der Waals surface area contributed by atoms with E-state index in [1.54, 1.807) is 28.7 Å². The molecule has 10 heteroatoms. The molecule has 0 N–H and O–H groups in total. The first-order chi connectivity index (χ1) is 31.9. The van der Waals surface area contributed by atoms with E-state index < -0.39 is 0 Å². The molecular weight excluding hydrogens is 943 g/mol. The second kappa shape index (κ2) is 19.7. The average molecular weight is 991 g/mol. The molecule has 4 nitrogen and oxygen atoms in total. The average Bonchev–Trinajstić information content (AvgIpc) is 4.09. The third-order valence-electron chi connectivity index (χ3n) is 13.5. The van der Waals surface area contributed by atoms with Gasteiger partial charge in [0.05, 0.1) is 25.7 Å². The van der Waals surface area contributed by atoms with Crippen LogP contribution in [0.2, 0.25) is 20.1 Å². The van der Waals surface area contributed by atoms with Crippen molar-refractivity contribution in [1.82, 2.24) is 0 Å². The number of ketones is 4. The number of fused-ring (bicyclic) bond motifs is 5. The number of thiophene rings is 2. The molecule has 336 valence electrons. The van der Waals surface area contributed by atoms with Gasteiger partial charge in [0, 0.05) is 59.2 Å². The highest BCUT2D eigenvalue weighted by Crippen LogP contribution is 2.56. The Balaban J connectivity index is 1.07. The molecule has 0 spiro atoms. The van der Waals surface area contributed by atoms with E-state index in [2.05, 4.69) is 62.4 Å². The largest absolute Gasteiger partial charge is 0.294 e. The summed E-state index contributed by atoms with van der Waals surface area (Å²) in [5, 5.41) is 1.00. The van der Waals surface area contributed by atoms with Gasteiger partial charge >= 0.3 is 0 Å². The number of benzene rings is 4. The number of Topliss-reactive ketones (excluding diaryl/α,β-unsaturated/α-hetero) is 4. The fourth-order valence-electron chi connectivity index (χ4n) is 10.1. The zero-order valence-corrected chi connectivity index (χ0v) is 41.5. The monoisotopic (exact) mass is 988 g/mol. The molecule has 66 heavy (non-hydrogen) atoms. The Morgan fingerprint density at radius 2 is 0.924 bits per heavy atom. The summed E-state index contributed by atoms with van der Waals surface area (Å²) in [5.41, 5.74) is 9.11. The van der Waals surface area contributed by atoms with Crippen molar-refractivity contribution in [3.8, 4) is 32.0 Å². The van der Waals surface area contributed by atoms with Crippen LogP contribution in [0, 0.1) is 0 Å². The van der Waals surface area contributed by atoms with Crippen molar-refractivity contribution in [2.75, 3.05) is 0 Å². The molecule has 2 aromatic heterocycles. The summed E-state index contributed by atoms with van der Waals surface area (Å²) < 4.78 is 0. The Kier molecular flexibility index (Phi) is 13.9. The minimum absolute atomic E-state index is 0.0131. The van der Waals surface area contributed by atoms with Crippen molar-refractivity contribution < 1.29 is 19.2 Å². The number of carbonyl (C=O) groups is 4. The van der Waals surface area contributed by atoms with E-state index in [-0.39, 0.29) is 71.8 Å². The van der Waals surface area contributed by atoms with Crippen molar-refractivity contribution >= 4 is 104 Å². The van der Waals surface area contributed by atoms with Crippen LogP contribution < -0.4 is 0 Å². The molecule has 0 atom stereocenters. The first-order valence-corrected chi connectivity index (χ1v) is 26.1. The summed E-state index contributed by atoms with van der Waals surface area (Å²) in [7, 11) is 0. The number of rotatable bonds is 16. The zero-order chi connectivity index (χ0) is 46.3. The van der Waals surface area contributed by atoms with Crippen LogP contribution in [-0.2, 0) is 5.41 Å². The highest BCUT2D eigenvalue weighted by molar-refractivity contribution is 7.16. The van der Waals surface area contributed by atoms with Gasteiger partial charge in [0.2, 0.25) is 0 Å². The van der Waals surface area contributed by atoms with Crippen LogP contribution in [0.25, 0.3) is 44.2 Å². The van der Waals surface area contributed by atoms with E-state index in [1.807, 2.05) is 18.2 Å². The number of hydrogen-bond acceptors (Lipinski definition) is 6. The molecule has 6 aromatic rings. The first kappa shape index (κ1) is 46.7. The molecule has 0 amide bonds. The van der Waals surface area contributed by atoms with Crippen LogP contribution in [0.1, 0.15) is 160 Å². The molecule has 2 heterocycles. The molecule has 0 fully saturated rings. The lowest BCUT2D eigenvalue weighted by Crippen LogP contribution is -2.25. The summed E-state index contributed by atoms with van der Waals surface area (Å²) in [6.07, 6.45) is 17.6. The van der Waals surface area contributed by atoms with E-state index in [0.717, 1.165) is 56.3 Å². The van der Waals surface area contributed by atoms with Gasteiger partial charge in [-0.3, -0.25) is 19.2 Å². The molecule has 0 saturated heterocycles. The van der Waals surface area contributed by atoms with Gasteiger partial charge in [-0.2, -0.15) is 0 Å². The fraction of sp³-hybridized carbons (Fsp3) is 0.286. The maximum absolute atomic E-state index is 13.6. The molecule has 0 aliphatic heterocycles. The van der Waals surface area contributed by atoms with Gasteiger partial charge in [0.1, 0.15) is 0 Å². The van der Waals surface area contributed by atoms with Crippen molar-refractivity contribution in [2.45, 2.75) is 103 Å². The zero-order valence-electron chi connectivity index (χ0n) is 36.9. The number of allylic oxidation sites excluding steroid dienone is 2. The van der Waals surface area contributed by atoms with Crippen LogP contribution in [0.5, 0.6) is 0 Å². The Morgan fingerprint density at radius 1 is 0.485 bits per heavy atom. The minimum atomic E-state index is -0.338. The molecule has 0 unspecified atom stereocenters. The Morgan fingerprint density at radius 3 is 1.41 bits per heavy atom. The first-order valence-electron chi connectivity index (χ1n) is 23.0. The molecule has 0 saturated carbocycles. The Labute approximate surface area is 414 Å². The molecule has 3 aliphatic rings.